The molecule has 0 radical (unpaired) electrons. The largest absolute Gasteiger partial charge is 0.464 e. The number of hydrogen-bond donors (Lipinski definition) is 1. The van der Waals surface area contributed by atoms with E-state index in [9.17, 15) is 9.18 Å². The van der Waals surface area contributed by atoms with Crippen molar-refractivity contribution >= 4 is 5.97 Å². The molecule has 0 aliphatic heterocycles. The summed E-state index contributed by atoms with van der Waals surface area (Å²) in [4.78, 5) is 10.5. The lowest BCUT2D eigenvalue weighted by Crippen LogP contribution is -2.23. The molecular formula is C6H11FO3. The van der Waals surface area contributed by atoms with Crippen LogP contribution in [-0.2, 0) is 9.53 Å². The van der Waals surface area contributed by atoms with Crippen LogP contribution < -0.4 is 0 Å². The third kappa shape index (κ3) is 3.40. The van der Waals surface area contributed by atoms with Crippen LogP contribution in [0.2, 0.25) is 0 Å². The van der Waals surface area contributed by atoms with Gasteiger partial charge in [0.15, 0.2) is 6.10 Å². The molecular weight excluding hydrogens is 139 g/mol. The summed E-state index contributed by atoms with van der Waals surface area (Å²) in [6.07, 6.45) is -1.48. The minimum atomic E-state index is -1.30. The Kier molecular flexibility index (Phi) is 4.84. The molecule has 0 heterocycles. The Bertz CT molecular complexity index is 105. The molecule has 0 rings (SSSR count). The van der Waals surface area contributed by atoms with Crippen molar-refractivity contribution in [2.45, 2.75) is 19.4 Å². The molecule has 0 aromatic carbocycles. The highest BCUT2D eigenvalue weighted by atomic mass is 19.1. The van der Waals surface area contributed by atoms with E-state index in [1.54, 1.807) is 6.92 Å². The normalized spacial score (nSPS) is 12.7. The lowest BCUT2D eigenvalue weighted by molar-refractivity contribution is -0.153. The fraction of sp³-hybridized carbons (Fsp3) is 0.833. The predicted molar refractivity (Wildman–Crippen MR) is 33.2 cm³/mol. The number of aliphatic hydroxyl groups is 1. The minimum Gasteiger partial charge on any atom is -0.464 e. The van der Waals surface area contributed by atoms with E-state index < -0.39 is 18.7 Å². The molecule has 0 amide bonds. The predicted octanol–water partition coefficient (Wildman–Crippen LogP) is 0.270. The molecule has 1 N–H and O–H groups in total. The van der Waals surface area contributed by atoms with Crippen molar-refractivity contribution in [2.24, 2.45) is 0 Å². The number of carbonyl (C=O) groups excluding carboxylic acids is 1. The van der Waals surface area contributed by atoms with Crippen molar-refractivity contribution in [2.75, 3.05) is 13.3 Å². The molecule has 0 aromatic rings. The molecule has 0 bridgehead atoms. The van der Waals surface area contributed by atoms with E-state index >= 15 is 0 Å². The average molecular weight is 150 g/mol. The maximum absolute atomic E-state index is 11.5. The molecule has 4 heteroatoms. The summed E-state index contributed by atoms with van der Waals surface area (Å²) in [6.45, 7) is 1.13. The summed E-state index contributed by atoms with van der Waals surface area (Å²) >= 11 is 0. The smallest absolute Gasteiger partial charge is 0.335 e. The van der Waals surface area contributed by atoms with E-state index in [0.717, 1.165) is 0 Å². The first-order chi connectivity index (χ1) is 4.72. The van der Waals surface area contributed by atoms with Gasteiger partial charge in [-0.25, -0.2) is 4.79 Å². The molecule has 0 spiro atoms. The van der Waals surface area contributed by atoms with Gasteiger partial charge in [0.25, 0.3) is 0 Å². The zero-order chi connectivity index (χ0) is 7.98. The van der Waals surface area contributed by atoms with Gasteiger partial charge in [-0.2, -0.15) is 0 Å². The van der Waals surface area contributed by atoms with Crippen LogP contribution >= 0.6 is 0 Å². The van der Waals surface area contributed by atoms with Crippen LogP contribution in [0.5, 0.6) is 0 Å². The number of esters is 1. The average Bonchev–Trinajstić information content (AvgIpc) is 1.89. The van der Waals surface area contributed by atoms with E-state index in [0.29, 0.717) is 0 Å². The first-order valence-electron chi connectivity index (χ1n) is 3.13. The molecule has 0 aliphatic carbocycles. The molecule has 10 heavy (non-hydrogen) atoms. The Labute approximate surface area is 58.8 Å². The van der Waals surface area contributed by atoms with Gasteiger partial charge in [-0.05, 0) is 6.92 Å². The number of hydrogen-bond acceptors (Lipinski definition) is 3. The second-order valence-electron chi connectivity index (χ2n) is 1.75. The van der Waals surface area contributed by atoms with Gasteiger partial charge >= 0.3 is 5.97 Å². The first kappa shape index (κ1) is 9.36. The maximum atomic E-state index is 11.5. The highest BCUT2D eigenvalue weighted by Gasteiger charge is 2.14. The van der Waals surface area contributed by atoms with E-state index in [1.807, 2.05) is 0 Å². The van der Waals surface area contributed by atoms with E-state index in [2.05, 4.69) is 4.74 Å². The van der Waals surface area contributed by atoms with Crippen molar-refractivity contribution in [1.29, 1.82) is 0 Å². The number of alkyl halides is 1. The lowest BCUT2D eigenvalue weighted by Gasteiger charge is -2.05. The van der Waals surface area contributed by atoms with Crippen LogP contribution in [0, 0.1) is 0 Å². The van der Waals surface area contributed by atoms with E-state index in [1.165, 1.54) is 0 Å². The van der Waals surface area contributed by atoms with Gasteiger partial charge in [-0.15, -0.1) is 0 Å². The molecule has 0 saturated carbocycles. The van der Waals surface area contributed by atoms with Gasteiger partial charge in [0.1, 0.15) is 0 Å². The van der Waals surface area contributed by atoms with Crippen LogP contribution in [0.25, 0.3) is 0 Å². The summed E-state index contributed by atoms with van der Waals surface area (Å²) in [7, 11) is 0. The summed E-state index contributed by atoms with van der Waals surface area (Å²) in [6, 6.07) is 0. The Morgan fingerprint density at radius 3 is 2.80 bits per heavy atom. The third-order valence-corrected chi connectivity index (χ3v) is 0.941. The Morgan fingerprint density at radius 2 is 2.40 bits per heavy atom. The van der Waals surface area contributed by atoms with Gasteiger partial charge in [-0.3, -0.25) is 4.39 Å². The molecule has 60 valence electrons. The van der Waals surface area contributed by atoms with Crippen LogP contribution in [0.4, 0.5) is 4.39 Å². The molecule has 0 fully saturated rings. The molecule has 3 nitrogen and oxygen atoms in total. The number of carbonyl (C=O) groups is 1. The number of rotatable bonds is 4. The fourth-order valence-electron chi connectivity index (χ4n) is 0.460. The highest BCUT2D eigenvalue weighted by molar-refractivity contribution is 5.74. The lowest BCUT2D eigenvalue weighted by atomic mass is 10.3. The first-order valence-corrected chi connectivity index (χ1v) is 3.13. The van der Waals surface area contributed by atoms with Crippen LogP contribution in [0.15, 0.2) is 0 Å². The molecule has 0 saturated heterocycles. The third-order valence-electron chi connectivity index (χ3n) is 0.941. The minimum absolute atomic E-state index is 0.182. The van der Waals surface area contributed by atoms with Gasteiger partial charge in [-0.1, -0.05) is 0 Å². The number of ether oxygens (including phenoxy) is 1. The standard InChI is InChI=1S/C6H11FO3/c1-2-10-6(9)5(8)3-4-7/h5,8H,2-4H2,1H3. The van der Waals surface area contributed by atoms with E-state index in [4.69, 9.17) is 5.11 Å². The van der Waals surface area contributed by atoms with Gasteiger partial charge in [0.2, 0.25) is 0 Å². The summed E-state index contributed by atoms with van der Waals surface area (Å²) in [5, 5.41) is 8.73. The van der Waals surface area contributed by atoms with Crippen LogP contribution in [0.1, 0.15) is 13.3 Å². The topological polar surface area (TPSA) is 46.5 Å². The maximum Gasteiger partial charge on any atom is 0.335 e. The number of aliphatic hydroxyl groups excluding tert-OH is 1. The summed E-state index contributed by atoms with van der Waals surface area (Å²) < 4.78 is 15.9. The second kappa shape index (κ2) is 5.17. The zero-order valence-corrected chi connectivity index (χ0v) is 5.84. The van der Waals surface area contributed by atoms with Crippen molar-refractivity contribution in [3.63, 3.8) is 0 Å². The Morgan fingerprint density at radius 1 is 1.80 bits per heavy atom. The zero-order valence-electron chi connectivity index (χ0n) is 5.84. The Hall–Kier alpha value is -0.640. The quantitative estimate of drug-likeness (QED) is 0.585. The van der Waals surface area contributed by atoms with Crippen molar-refractivity contribution in [3.8, 4) is 0 Å². The van der Waals surface area contributed by atoms with Crippen molar-refractivity contribution < 1.29 is 19.0 Å². The van der Waals surface area contributed by atoms with Gasteiger partial charge in [0.05, 0.1) is 13.3 Å². The van der Waals surface area contributed by atoms with Gasteiger partial charge in [0, 0.05) is 6.42 Å². The highest BCUT2D eigenvalue weighted by Crippen LogP contribution is 1.94. The second-order valence-corrected chi connectivity index (χ2v) is 1.75. The van der Waals surface area contributed by atoms with Crippen LogP contribution in [-0.4, -0.2) is 30.5 Å². The SMILES string of the molecule is CCOC(=O)C(O)CCF. The molecule has 1 unspecified atom stereocenters. The molecule has 1 atom stereocenters. The van der Waals surface area contributed by atoms with Crippen molar-refractivity contribution in [3.05, 3.63) is 0 Å². The van der Waals surface area contributed by atoms with E-state index in [-0.39, 0.29) is 13.0 Å². The number of halogens is 1. The Balaban J connectivity index is 3.49. The van der Waals surface area contributed by atoms with Crippen molar-refractivity contribution in [1.82, 2.24) is 0 Å². The summed E-state index contributed by atoms with van der Waals surface area (Å²) in [5.74, 6) is -0.750. The molecule has 0 aliphatic rings. The molecule has 0 aromatic heterocycles. The van der Waals surface area contributed by atoms with Gasteiger partial charge < -0.3 is 9.84 Å². The summed E-state index contributed by atoms with van der Waals surface area (Å²) in [5.41, 5.74) is 0. The fourth-order valence-corrected chi connectivity index (χ4v) is 0.460. The van der Waals surface area contributed by atoms with Crippen LogP contribution in [0.3, 0.4) is 0 Å². The monoisotopic (exact) mass is 150 g/mol.